The first-order chi connectivity index (χ1) is 10.0. The summed E-state index contributed by atoms with van der Waals surface area (Å²) in [7, 11) is 0. The average molecular weight is 323 g/mol. The summed E-state index contributed by atoms with van der Waals surface area (Å²) in [6, 6.07) is 12.4. The van der Waals surface area contributed by atoms with Crippen molar-refractivity contribution in [2.75, 3.05) is 12.3 Å². The summed E-state index contributed by atoms with van der Waals surface area (Å²) in [5.74, 6) is -0.119. The molecule has 0 aliphatic heterocycles. The van der Waals surface area contributed by atoms with Gasteiger partial charge in [0.25, 0.3) is 5.91 Å². The minimum Gasteiger partial charge on any atom is -0.398 e. The first kappa shape index (κ1) is 15.7. The zero-order valence-corrected chi connectivity index (χ0v) is 13.2. The predicted molar refractivity (Wildman–Crippen MR) is 87.7 cm³/mol. The second-order valence-electron chi connectivity index (χ2n) is 4.68. The van der Waals surface area contributed by atoms with Crippen LogP contribution < -0.4 is 5.73 Å². The van der Waals surface area contributed by atoms with Gasteiger partial charge in [-0.15, -0.1) is 0 Å². The van der Waals surface area contributed by atoms with Gasteiger partial charge in [0.1, 0.15) is 0 Å². The topological polar surface area (TPSA) is 46.3 Å². The van der Waals surface area contributed by atoms with E-state index in [-0.39, 0.29) is 5.91 Å². The van der Waals surface area contributed by atoms with Crippen molar-refractivity contribution in [2.45, 2.75) is 13.5 Å². The lowest BCUT2D eigenvalue weighted by molar-refractivity contribution is 0.0753. The quantitative estimate of drug-likeness (QED) is 0.856. The number of hydrogen-bond acceptors (Lipinski definition) is 2. The van der Waals surface area contributed by atoms with E-state index in [0.29, 0.717) is 34.4 Å². The molecular weight excluding hydrogens is 307 g/mol. The molecule has 0 aromatic heterocycles. The van der Waals surface area contributed by atoms with Gasteiger partial charge in [0, 0.05) is 28.8 Å². The van der Waals surface area contributed by atoms with Gasteiger partial charge in [0.2, 0.25) is 0 Å². The Morgan fingerprint density at radius 3 is 2.48 bits per heavy atom. The van der Waals surface area contributed by atoms with Crippen LogP contribution in [-0.4, -0.2) is 17.4 Å². The van der Waals surface area contributed by atoms with Crippen molar-refractivity contribution < 1.29 is 4.79 Å². The Balaban J connectivity index is 2.22. The third-order valence-corrected chi connectivity index (χ3v) is 3.65. The molecule has 5 heteroatoms. The number of carbonyl (C=O) groups excluding carboxylic acids is 1. The second-order valence-corrected chi connectivity index (χ2v) is 5.55. The summed E-state index contributed by atoms with van der Waals surface area (Å²) in [6.07, 6.45) is 0. The van der Waals surface area contributed by atoms with E-state index in [9.17, 15) is 4.79 Å². The first-order valence-electron chi connectivity index (χ1n) is 6.60. The normalized spacial score (nSPS) is 10.4. The summed E-state index contributed by atoms with van der Waals surface area (Å²) >= 11 is 11.8. The average Bonchev–Trinajstić information content (AvgIpc) is 2.44. The number of rotatable bonds is 4. The van der Waals surface area contributed by atoms with E-state index in [1.807, 2.05) is 25.1 Å². The molecule has 0 heterocycles. The minimum absolute atomic E-state index is 0.119. The van der Waals surface area contributed by atoms with Crippen molar-refractivity contribution in [3.8, 4) is 0 Å². The standard InChI is InChI=1S/C16H16Cl2N2O/c1-2-20(10-11-4-3-5-12(17)8-11)16(21)14-7-6-13(18)9-15(14)19/h3-9H,2,10,19H2,1H3. The van der Waals surface area contributed by atoms with Gasteiger partial charge in [0.15, 0.2) is 0 Å². The number of amides is 1. The van der Waals surface area contributed by atoms with Crippen LogP contribution in [0.25, 0.3) is 0 Å². The molecule has 0 aliphatic carbocycles. The number of anilines is 1. The first-order valence-corrected chi connectivity index (χ1v) is 7.35. The SMILES string of the molecule is CCN(Cc1cccc(Cl)c1)C(=O)c1ccc(Cl)cc1N. The van der Waals surface area contributed by atoms with Gasteiger partial charge >= 0.3 is 0 Å². The Hall–Kier alpha value is -1.71. The van der Waals surface area contributed by atoms with E-state index >= 15 is 0 Å². The van der Waals surface area contributed by atoms with Crippen LogP contribution in [0.1, 0.15) is 22.8 Å². The van der Waals surface area contributed by atoms with Crippen LogP contribution in [0, 0.1) is 0 Å². The minimum atomic E-state index is -0.119. The molecule has 0 saturated heterocycles. The maximum Gasteiger partial charge on any atom is 0.256 e. The second kappa shape index (κ2) is 6.83. The number of nitrogens with zero attached hydrogens (tertiary/aromatic N) is 1. The van der Waals surface area contributed by atoms with Crippen LogP contribution >= 0.6 is 23.2 Å². The molecule has 0 saturated carbocycles. The van der Waals surface area contributed by atoms with E-state index in [1.165, 1.54) is 0 Å². The maximum absolute atomic E-state index is 12.6. The highest BCUT2D eigenvalue weighted by Gasteiger charge is 2.17. The van der Waals surface area contributed by atoms with Crippen molar-refractivity contribution in [1.29, 1.82) is 0 Å². The van der Waals surface area contributed by atoms with Crippen molar-refractivity contribution in [3.63, 3.8) is 0 Å². The number of nitrogen functional groups attached to an aromatic ring is 1. The van der Waals surface area contributed by atoms with Gasteiger partial charge in [-0.1, -0.05) is 35.3 Å². The lowest BCUT2D eigenvalue weighted by Gasteiger charge is -2.22. The van der Waals surface area contributed by atoms with Gasteiger partial charge in [-0.2, -0.15) is 0 Å². The van der Waals surface area contributed by atoms with Crippen molar-refractivity contribution >= 4 is 34.8 Å². The van der Waals surface area contributed by atoms with E-state index in [2.05, 4.69) is 0 Å². The molecule has 21 heavy (non-hydrogen) atoms. The molecule has 0 aliphatic rings. The van der Waals surface area contributed by atoms with Gasteiger partial charge in [0.05, 0.1) is 5.56 Å². The Kier molecular flexibility index (Phi) is 5.10. The lowest BCUT2D eigenvalue weighted by Crippen LogP contribution is -2.30. The Labute approximate surface area is 134 Å². The third kappa shape index (κ3) is 3.90. The number of carbonyl (C=O) groups is 1. The molecule has 110 valence electrons. The molecule has 2 N–H and O–H groups in total. The van der Waals surface area contributed by atoms with Crippen LogP contribution in [0.3, 0.4) is 0 Å². The molecule has 0 radical (unpaired) electrons. The molecule has 0 spiro atoms. The zero-order chi connectivity index (χ0) is 15.4. The fraction of sp³-hybridized carbons (Fsp3) is 0.188. The van der Waals surface area contributed by atoms with Crippen molar-refractivity contribution in [1.82, 2.24) is 4.90 Å². The molecule has 1 amide bonds. The lowest BCUT2D eigenvalue weighted by atomic mass is 10.1. The highest BCUT2D eigenvalue weighted by Crippen LogP contribution is 2.21. The molecule has 2 aromatic rings. The van der Waals surface area contributed by atoms with Gasteiger partial charge < -0.3 is 10.6 Å². The third-order valence-electron chi connectivity index (χ3n) is 3.18. The van der Waals surface area contributed by atoms with E-state index in [1.54, 1.807) is 29.2 Å². The van der Waals surface area contributed by atoms with E-state index in [4.69, 9.17) is 28.9 Å². The van der Waals surface area contributed by atoms with Gasteiger partial charge in [-0.25, -0.2) is 0 Å². The number of hydrogen-bond donors (Lipinski definition) is 1. The largest absolute Gasteiger partial charge is 0.398 e. The fourth-order valence-corrected chi connectivity index (χ4v) is 2.48. The molecular formula is C16H16Cl2N2O. The molecule has 2 aromatic carbocycles. The molecule has 2 rings (SSSR count). The smallest absolute Gasteiger partial charge is 0.256 e. The molecule has 0 bridgehead atoms. The fourth-order valence-electron chi connectivity index (χ4n) is 2.08. The van der Waals surface area contributed by atoms with Gasteiger partial charge in [-0.3, -0.25) is 4.79 Å². The Morgan fingerprint density at radius 1 is 1.14 bits per heavy atom. The monoisotopic (exact) mass is 322 g/mol. The number of benzene rings is 2. The molecule has 0 fully saturated rings. The van der Waals surface area contributed by atoms with Crippen LogP contribution in [0.5, 0.6) is 0 Å². The maximum atomic E-state index is 12.6. The molecule has 3 nitrogen and oxygen atoms in total. The summed E-state index contributed by atoms with van der Waals surface area (Å²) in [5, 5.41) is 1.17. The molecule has 0 unspecified atom stereocenters. The van der Waals surface area contributed by atoms with Gasteiger partial charge in [-0.05, 0) is 42.8 Å². The van der Waals surface area contributed by atoms with Crippen LogP contribution in [0.15, 0.2) is 42.5 Å². The van der Waals surface area contributed by atoms with E-state index < -0.39 is 0 Å². The van der Waals surface area contributed by atoms with Crippen molar-refractivity contribution in [2.24, 2.45) is 0 Å². The summed E-state index contributed by atoms with van der Waals surface area (Å²) < 4.78 is 0. The highest BCUT2D eigenvalue weighted by atomic mass is 35.5. The number of nitrogens with two attached hydrogens (primary N) is 1. The highest BCUT2D eigenvalue weighted by molar-refractivity contribution is 6.31. The predicted octanol–water partition coefficient (Wildman–Crippen LogP) is 4.24. The van der Waals surface area contributed by atoms with Crippen LogP contribution in [0.4, 0.5) is 5.69 Å². The summed E-state index contributed by atoms with van der Waals surface area (Å²) in [4.78, 5) is 14.3. The van der Waals surface area contributed by atoms with E-state index in [0.717, 1.165) is 5.56 Å². The van der Waals surface area contributed by atoms with Crippen LogP contribution in [0.2, 0.25) is 10.0 Å². The summed E-state index contributed by atoms with van der Waals surface area (Å²) in [5.41, 5.74) is 7.70. The van der Waals surface area contributed by atoms with Crippen molar-refractivity contribution in [3.05, 3.63) is 63.6 Å². The Morgan fingerprint density at radius 2 is 1.86 bits per heavy atom. The Bertz CT molecular complexity index is 658. The molecule has 0 atom stereocenters. The summed E-state index contributed by atoms with van der Waals surface area (Å²) in [6.45, 7) is 2.99. The zero-order valence-electron chi connectivity index (χ0n) is 11.6. The van der Waals surface area contributed by atoms with Crippen LogP contribution in [-0.2, 0) is 6.54 Å². The number of halogens is 2.